The summed E-state index contributed by atoms with van der Waals surface area (Å²) < 4.78 is 0. The highest BCUT2D eigenvalue weighted by atomic mass is 15.3. The fraction of sp³-hybridized carbons (Fsp3) is 0.151. The van der Waals surface area contributed by atoms with E-state index in [4.69, 9.17) is 4.99 Å². The molecule has 3 heterocycles. The van der Waals surface area contributed by atoms with E-state index in [0.717, 1.165) is 23.4 Å². The molecule has 2 N–H and O–H groups in total. The van der Waals surface area contributed by atoms with E-state index in [1.807, 2.05) is 0 Å². The Morgan fingerprint density at radius 1 is 0.569 bits per heavy atom. The van der Waals surface area contributed by atoms with Crippen molar-refractivity contribution < 1.29 is 0 Å². The number of fused-ring (bicyclic) bond motifs is 9. The maximum Gasteiger partial charge on any atom is 0.131 e. The summed E-state index contributed by atoms with van der Waals surface area (Å²) in [4.78, 5) is 10.5. The van der Waals surface area contributed by atoms with Crippen LogP contribution in [-0.4, -0.2) is 24.0 Å². The lowest BCUT2D eigenvalue weighted by Crippen LogP contribution is -2.45. The van der Waals surface area contributed by atoms with Gasteiger partial charge in [0.1, 0.15) is 18.2 Å². The number of anilines is 3. The number of allylic oxidation sites excluding steroid dienone is 4. The van der Waals surface area contributed by atoms with Gasteiger partial charge >= 0.3 is 0 Å². The van der Waals surface area contributed by atoms with Gasteiger partial charge in [0.05, 0.1) is 18.1 Å². The highest BCUT2D eigenvalue weighted by molar-refractivity contribution is 6.02. The lowest BCUT2D eigenvalue weighted by molar-refractivity contribution is 0.411. The molecule has 6 aromatic rings. The van der Waals surface area contributed by atoms with E-state index >= 15 is 0 Å². The fourth-order valence-corrected chi connectivity index (χ4v) is 10.6. The van der Waals surface area contributed by atoms with Crippen molar-refractivity contribution in [1.82, 2.24) is 10.6 Å². The number of benzene rings is 6. The standard InChI is InChI=1S/C53H43N5/c1-4-17-35(18-5-1)51-54-52(36-19-6-2-7-20-36)56-53(55-51)42-29-31-46(40-25-13-12-24-39(40)42)58-45-27-15-14-26-41(45)43-32-44-49(33-48(43)58)57(37-21-8-3-9-22-37)47-30-28-34-16-10-11-23-38(34)50(44)47/h1-21,23-33,37,41,45,47,50-51,53,55H,22H2,(H,54,56). The predicted octanol–water partition coefficient (Wildman–Crippen LogP) is 11.1. The monoisotopic (exact) mass is 749 g/mol. The highest BCUT2D eigenvalue weighted by Gasteiger charge is 2.46. The molecule has 0 bridgehead atoms. The zero-order valence-electron chi connectivity index (χ0n) is 32.1. The van der Waals surface area contributed by atoms with Gasteiger partial charge < -0.3 is 15.1 Å². The highest BCUT2D eigenvalue weighted by Crippen LogP contribution is 2.57. The van der Waals surface area contributed by atoms with E-state index in [0.29, 0.717) is 6.04 Å². The van der Waals surface area contributed by atoms with Crippen LogP contribution in [-0.2, 0) is 0 Å². The van der Waals surface area contributed by atoms with Crippen molar-refractivity contribution in [3.8, 4) is 0 Å². The molecule has 58 heavy (non-hydrogen) atoms. The Kier molecular flexibility index (Phi) is 7.77. The minimum atomic E-state index is -0.198. The summed E-state index contributed by atoms with van der Waals surface area (Å²) in [6.45, 7) is 0. The molecule has 5 nitrogen and oxygen atoms in total. The van der Waals surface area contributed by atoms with Gasteiger partial charge in [-0.15, -0.1) is 0 Å². The molecule has 0 radical (unpaired) electrons. The van der Waals surface area contributed by atoms with Crippen LogP contribution >= 0.6 is 0 Å². The molecular formula is C53H43N5. The second-order valence-corrected chi connectivity index (χ2v) is 16.2. The van der Waals surface area contributed by atoms with Gasteiger partial charge in [0.15, 0.2) is 0 Å². The molecule has 0 saturated carbocycles. The van der Waals surface area contributed by atoms with Crippen molar-refractivity contribution in [2.45, 2.75) is 48.7 Å². The smallest absolute Gasteiger partial charge is 0.131 e. The number of rotatable bonds is 5. The zero-order chi connectivity index (χ0) is 38.2. The Morgan fingerprint density at radius 2 is 1.34 bits per heavy atom. The topological polar surface area (TPSA) is 42.9 Å². The summed E-state index contributed by atoms with van der Waals surface area (Å²) in [5, 5.41) is 10.1. The molecule has 6 aliphatic rings. The number of amidine groups is 1. The normalized spacial score (nSPS) is 25.8. The molecule has 0 saturated heterocycles. The van der Waals surface area contributed by atoms with Crippen LogP contribution in [0.15, 0.2) is 193 Å². The lowest BCUT2D eigenvalue weighted by atomic mass is 9.80. The lowest BCUT2D eigenvalue weighted by Gasteiger charge is -2.37. The fourth-order valence-electron chi connectivity index (χ4n) is 10.6. The molecular weight excluding hydrogens is 707 g/mol. The van der Waals surface area contributed by atoms with Gasteiger partial charge in [-0.1, -0.05) is 182 Å². The molecule has 3 aliphatic heterocycles. The first-order chi connectivity index (χ1) is 28.8. The second-order valence-electron chi connectivity index (χ2n) is 16.2. The van der Waals surface area contributed by atoms with Crippen molar-refractivity contribution in [3.63, 3.8) is 0 Å². The van der Waals surface area contributed by atoms with Gasteiger partial charge in [0, 0.05) is 39.8 Å². The molecule has 6 aromatic carbocycles. The Morgan fingerprint density at radius 3 is 2.21 bits per heavy atom. The van der Waals surface area contributed by atoms with E-state index in [2.05, 4.69) is 215 Å². The number of aliphatic imine (C=N–C) groups is 1. The van der Waals surface area contributed by atoms with Crippen LogP contribution in [0.4, 0.5) is 17.1 Å². The third kappa shape index (κ3) is 5.23. The molecule has 3 aliphatic carbocycles. The Bertz CT molecular complexity index is 2780. The Hall–Kier alpha value is -6.69. The number of hydrogen-bond donors (Lipinski definition) is 2. The minimum absolute atomic E-state index is 0.165. The molecule has 7 unspecified atom stereocenters. The largest absolute Gasteiger partial charge is 0.357 e. The van der Waals surface area contributed by atoms with Gasteiger partial charge in [0.25, 0.3) is 0 Å². The van der Waals surface area contributed by atoms with E-state index < -0.39 is 0 Å². The van der Waals surface area contributed by atoms with Crippen LogP contribution in [0.25, 0.3) is 16.8 Å². The average Bonchev–Trinajstić information content (AvgIpc) is 3.80. The SMILES string of the molecule is C1=CCC(N2c3cc4c(cc3C3c5ccccc5C=CC32)C2C=CC=CC2N4c2ccc(C3NC(c4ccccc4)=NC(c4ccccc4)N3)c3ccccc23)C=C1. The van der Waals surface area contributed by atoms with Crippen LogP contribution in [0.1, 0.15) is 69.5 Å². The second kappa shape index (κ2) is 13.5. The first kappa shape index (κ1) is 33.4. The molecule has 7 atom stereocenters. The van der Waals surface area contributed by atoms with E-state index in [1.54, 1.807) is 0 Å². The van der Waals surface area contributed by atoms with Crippen molar-refractivity contribution in [2.24, 2.45) is 4.99 Å². The van der Waals surface area contributed by atoms with Crippen molar-refractivity contribution in [3.05, 3.63) is 227 Å². The van der Waals surface area contributed by atoms with Crippen LogP contribution in [0.2, 0.25) is 0 Å². The Labute approximate surface area is 339 Å². The first-order valence-corrected chi connectivity index (χ1v) is 20.7. The number of hydrogen-bond acceptors (Lipinski definition) is 5. The molecule has 0 fully saturated rings. The molecule has 280 valence electrons. The van der Waals surface area contributed by atoms with Crippen LogP contribution in [0, 0.1) is 0 Å². The zero-order valence-corrected chi connectivity index (χ0v) is 32.1. The van der Waals surface area contributed by atoms with Gasteiger partial charge in [-0.25, -0.2) is 4.99 Å². The first-order valence-electron chi connectivity index (χ1n) is 20.7. The molecule has 0 spiro atoms. The molecule has 12 rings (SSSR count). The summed E-state index contributed by atoms with van der Waals surface area (Å²) >= 11 is 0. The van der Waals surface area contributed by atoms with E-state index in [1.165, 1.54) is 55.7 Å². The van der Waals surface area contributed by atoms with Gasteiger partial charge in [-0.3, -0.25) is 5.32 Å². The number of nitrogens with one attached hydrogen (secondary N) is 2. The van der Waals surface area contributed by atoms with Gasteiger partial charge in [0.2, 0.25) is 0 Å². The van der Waals surface area contributed by atoms with E-state index in [9.17, 15) is 0 Å². The van der Waals surface area contributed by atoms with Gasteiger partial charge in [-0.05, 0) is 57.3 Å². The molecule has 0 amide bonds. The minimum Gasteiger partial charge on any atom is -0.357 e. The van der Waals surface area contributed by atoms with Crippen LogP contribution < -0.4 is 20.4 Å². The van der Waals surface area contributed by atoms with Crippen LogP contribution in [0.5, 0.6) is 0 Å². The maximum atomic E-state index is 5.19. The van der Waals surface area contributed by atoms with Crippen LogP contribution in [0.3, 0.4) is 0 Å². The van der Waals surface area contributed by atoms with Gasteiger partial charge in [-0.2, -0.15) is 0 Å². The van der Waals surface area contributed by atoms with Crippen molar-refractivity contribution in [2.75, 3.05) is 9.80 Å². The third-order valence-electron chi connectivity index (χ3n) is 13.1. The summed E-state index contributed by atoms with van der Waals surface area (Å²) in [6.07, 6.45) is 23.9. The quantitative estimate of drug-likeness (QED) is 0.184. The third-order valence-corrected chi connectivity index (χ3v) is 13.1. The van der Waals surface area contributed by atoms with Crippen molar-refractivity contribution >= 4 is 39.7 Å². The maximum absolute atomic E-state index is 5.19. The summed E-state index contributed by atoms with van der Waals surface area (Å²) in [7, 11) is 0. The van der Waals surface area contributed by atoms with Crippen molar-refractivity contribution in [1.29, 1.82) is 0 Å². The van der Waals surface area contributed by atoms with E-state index in [-0.39, 0.29) is 36.3 Å². The molecule has 5 heteroatoms. The average molecular weight is 750 g/mol. The molecule has 0 aromatic heterocycles. The summed E-state index contributed by atoms with van der Waals surface area (Å²) in [5.41, 5.74) is 12.9. The summed E-state index contributed by atoms with van der Waals surface area (Å²) in [6, 6.07) is 49.6. The Balaban J connectivity index is 0.999. The number of nitrogens with zero attached hydrogens (tertiary/aromatic N) is 3. The predicted molar refractivity (Wildman–Crippen MR) is 239 cm³/mol. The summed E-state index contributed by atoms with van der Waals surface area (Å²) in [5.74, 6) is 1.43.